The van der Waals surface area contributed by atoms with Crippen molar-refractivity contribution in [2.45, 2.75) is 6.92 Å². The van der Waals surface area contributed by atoms with Crippen molar-refractivity contribution in [1.82, 2.24) is 5.43 Å². The van der Waals surface area contributed by atoms with E-state index in [1.807, 2.05) is 0 Å². The van der Waals surface area contributed by atoms with Crippen LogP contribution in [0.1, 0.15) is 22.8 Å². The number of amides is 2. The van der Waals surface area contributed by atoms with E-state index in [0.717, 1.165) is 6.07 Å². The number of ether oxygens (including phenoxy) is 2. The fraction of sp³-hybridized carbons (Fsp3) is 0.0833. The lowest BCUT2D eigenvalue weighted by Crippen LogP contribution is -2.33. The topological polar surface area (TPSA) is 106 Å². The van der Waals surface area contributed by atoms with E-state index in [1.54, 1.807) is 37.3 Å². The molecular formula is C24H19ClFN3O5. The number of nitrogens with one attached hydrogen (secondary N) is 2. The van der Waals surface area contributed by atoms with Gasteiger partial charge in [-0.05, 0) is 49.4 Å². The summed E-state index contributed by atoms with van der Waals surface area (Å²) in [7, 11) is 1.40. The van der Waals surface area contributed by atoms with Gasteiger partial charge in [0.25, 0.3) is 0 Å². The Morgan fingerprint density at radius 1 is 0.941 bits per heavy atom. The third-order valence-corrected chi connectivity index (χ3v) is 4.86. The normalized spacial score (nSPS) is 10.9. The summed E-state index contributed by atoms with van der Waals surface area (Å²) in [5.74, 6) is -3.12. The fourth-order valence-electron chi connectivity index (χ4n) is 2.75. The van der Waals surface area contributed by atoms with E-state index in [-0.39, 0.29) is 27.8 Å². The van der Waals surface area contributed by atoms with E-state index in [0.29, 0.717) is 11.3 Å². The number of benzene rings is 3. The highest BCUT2D eigenvalue weighted by molar-refractivity contribution is 6.39. The number of esters is 1. The van der Waals surface area contributed by atoms with Gasteiger partial charge in [0.05, 0.1) is 29.1 Å². The molecule has 2 N–H and O–H groups in total. The summed E-state index contributed by atoms with van der Waals surface area (Å²) in [4.78, 5) is 36.4. The van der Waals surface area contributed by atoms with Crippen LogP contribution in [0.15, 0.2) is 71.8 Å². The molecule has 0 saturated heterocycles. The minimum absolute atomic E-state index is 0.130. The number of anilines is 1. The Kier molecular flexibility index (Phi) is 7.94. The van der Waals surface area contributed by atoms with Gasteiger partial charge in [-0.2, -0.15) is 5.10 Å². The lowest BCUT2D eigenvalue weighted by atomic mass is 10.1. The summed E-state index contributed by atoms with van der Waals surface area (Å²) in [6, 6.07) is 16.5. The van der Waals surface area contributed by atoms with Crippen LogP contribution in [0.25, 0.3) is 0 Å². The zero-order valence-electron chi connectivity index (χ0n) is 18.1. The van der Waals surface area contributed by atoms with Gasteiger partial charge in [-0.15, -0.1) is 0 Å². The Balaban J connectivity index is 1.68. The predicted octanol–water partition coefficient (Wildman–Crippen LogP) is 4.19. The molecule has 0 unspecified atom stereocenters. The molecule has 0 radical (unpaired) electrons. The average Bonchev–Trinajstić information content (AvgIpc) is 2.84. The van der Waals surface area contributed by atoms with Crippen molar-refractivity contribution in [3.05, 3.63) is 88.7 Å². The van der Waals surface area contributed by atoms with Crippen LogP contribution in [-0.4, -0.2) is 30.6 Å². The quantitative estimate of drug-likeness (QED) is 0.180. The van der Waals surface area contributed by atoms with E-state index in [4.69, 9.17) is 21.1 Å². The molecule has 34 heavy (non-hydrogen) atoms. The highest BCUT2D eigenvalue weighted by Crippen LogP contribution is 2.30. The van der Waals surface area contributed by atoms with Gasteiger partial charge in [0.1, 0.15) is 5.82 Å². The molecule has 0 aromatic heterocycles. The molecule has 8 nitrogen and oxygen atoms in total. The molecule has 174 valence electrons. The number of halogens is 2. The number of carbonyl (C=O) groups excluding carboxylic acids is 3. The minimum atomic E-state index is -1.08. The molecule has 0 aliphatic heterocycles. The second-order valence-electron chi connectivity index (χ2n) is 6.81. The Morgan fingerprint density at radius 3 is 2.35 bits per heavy atom. The Hall–Kier alpha value is -4.24. The van der Waals surface area contributed by atoms with Crippen molar-refractivity contribution in [2.75, 3.05) is 12.4 Å². The molecule has 2 amide bonds. The molecule has 0 saturated carbocycles. The molecule has 3 rings (SSSR count). The van der Waals surface area contributed by atoms with Gasteiger partial charge >= 0.3 is 17.8 Å². The maximum atomic E-state index is 13.6. The summed E-state index contributed by atoms with van der Waals surface area (Å²) < 4.78 is 24.3. The first-order chi connectivity index (χ1) is 16.3. The SMILES string of the molecule is COc1cc(/C(C)=N/NC(=O)C(=O)Nc2ccccc2F)ccc1OC(=O)c1ccccc1Cl. The van der Waals surface area contributed by atoms with E-state index in [9.17, 15) is 18.8 Å². The molecule has 0 aliphatic carbocycles. The molecule has 3 aromatic rings. The molecule has 0 bridgehead atoms. The van der Waals surface area contributed by atoms with Crippen molar-refractivity contribution in [2.24, 2.45) is 5.10 Å². The van der Waals surface area contributed by atoms with E-state index >= 15 is 0 Å². The lowest BCUT2D eigenvalue weighted by Gasteiger charge is -2.11. The summed E-state index contributed by atoms with van der Waals surface area (Å²) in [5, 5.41) is 6.30. The van der Waals surface area contributed by atoms with Gasteiger partial charge in [0.2, 0.25) is 0 Å². The first-order valence-electron chi connectivity index (χ1n) is 9.85. The molecule has 10 heteroatoms. The van der Waals surface area contributed by atoms with Crippen molar-refractivity contribution in [3.8, 4) is 11.5 Å². The number of methoxy groups -OCH3 is 1. The maximum Gasteiger partial charge on any atom is 0.345 e. The van der Waals surface area contributed by atoms with E-state index in [1.165, 1.54) is 37.4 Å². The van der Waals surface area contributed by atoms with Crippen LogP contribution < -0.4 is 20.2 Å². The van der Waals surface area contributed by atoms with Crippen LogP contribution in [0.2, 0.25) is 5.02 Å². The average molecular weight is 484 g/mol. The monoisotopic (exact) mass is 483 g/mol. The van der Waals surface area contributed by atoms with Crippen molar-refractivity contribution < 1.29 is 28.2 Å². The van der Waals surface area contributed by atoms with Crippen molar-refractivity contribution in [3.63, 3.8) is 0 Å². The molecule has 0 aliphatic rings. The van der Waals surface area contributed by atoms with E-state index < -0.39 is 23.6 Å². The van der Waals surface area contributed by atoms with Gasteiger partial charge in [-0.25, -0.2) is 14.6 Å². The maximum absolute atomic E-state index is 13.6. The summed E-state index contributed by atoms with van der Waals surface area (Å²) in [6.45, 7) is 1.58. The van der Waals surface area contributed by atoms with Gasteiger partial charge in [0.15, 0.2) is 11.5 Å². The summed E-state index contributed by atoms with van der Waals surface area (Å²) >= 11 is 6.03. The summed E-state index contributed by atoms with van der Waals surface area (Å²) in [5.41, 5.74) is 3.02. The molecule has 0 spiro atoms. The first kappa shape index (κ1) is 24.4. The number of carbonyl (C=O) groups is 3. The van der Waals surface area contributed by atoms with Gasteiger partial charge < -0.3 is 14.8 Å². The van der Waals surface area contributed by atoms with Gasteiger partial charge in [-0.3, -0.25) is 9.59 Å². The molecule has 3 aromatic carbocycles. The number of hydrogen-bond donors (Lipinski definition) is 2. The van der Waals surface area contributed by atoms with Crippen LogP contribution >= 0.6 is 11.6 Å². The Labute approximate surface area is 199 Å². The number of rotatable bonds is 6. The molecule has 0 heterocycles. The smallest absolute Gasteiger partial charge is 0.345 e. The molecule has 0 fully saturated rings. The third-order valence-electron chi connectivity index (χ3n) is 4.53. The second-order valence-corrected chi connectivity index (χ2v) is 7.21. The molecule has 0 atom stereocenters. The van der Waals surface area contributed by atoms with Crippen molar-refractivity contribution >= 4 is 40.8 Å². The number of nitrogens with zero attached hydrogens (tertiary/aromatic N) is 1. The first-order valence-corrected chi connectivity index (χ1v) is 10.2. The minimum Gasteiger partial charge on any atom is -0.493 e. The second kappa shape index (κ2) is 11.1. The third kappa shape index (κ3) is 5.96. The largest absolute Gasteiger partial charge is 0.493 e. The van der Waals surface area contributed by atoms with Crippen LogP contribution in [-0.2, 0) is 9.59 Å². The zero-order valence-corrected chi connectivity index (χ0v) is 18.9. The highest BCUT2D eigenvalue weighted by Gasteiger charge is 2.17. The Morgan fingerprint density at radius 2 is 1.65 bits per heavy atom. The van der Waals surface area contributed by atoms with Crippen LogP contribution in [0.5, 0.6) is 11.5 Å². The highest BCUT2D eigenvalue weighted by atomic mass is 35.5. The van der Waals surface area contributed by atoms with Gasteiger partial charge in [-0.1, -0.05) is 35.9 Å². The lowest BCUT2D eigenvalue weighted by molar-refractivity contribution is -0.136. The summed E-state index contributed by atoms with van der Waals surface area (Å²) in [6.07, 6.45) is 0. The molecular weight excluding hydrogens is 465 g/mol. The van der Waals surface area contributed by atoms with Crippen LogP contribution in [0, 0.1) is 5.82 Å². The fourth-order valence-corrected chi connectivity index (χ4v) is 2.96. The number of hydrogen-bond acceptors (Lipinski definition) is 6. The number of hydrazone groups is 1. The van der Waals surface area contributed by atoms with Crippen molar-refractivity contribution in [1.29, 1.82) is 0 Å². The van der Waals surface area contributed by atoms with Crippen LogP contribution in [0.3, 0.4) is 0 Å². The Bertz CT molecular complexity index is 1280. The van der Waals surface area contributed by atoms with Gasteiger partial charge in [0, 0.05) is 5.56 Å². The zero-order chi connectivity index (χ0) is 24.7. The standard InChI is InChI=1S/C24H19ClFN3O5/c1-14(28-29-23(31)22(30)27-19-10-6-5-9-18(19)26)15-11-12-20(21(13-15)33-2)34-24(32)16-7-3-4-8-17(16)25/h3-13H,1-2H3,(H,27,30)(H,29,31)/b28-14+. The number of para-hydroxylation sites is 1. The predicted molar refractivity (Wildman–Crippen MR) is 125 cm³/mol. The van der Waals surface area contributed by atoms with Crippen LogP contribution in [0.4, 0.5) is 10.1 Å². The van der Waals surface area contributed by atoms with E-state index in [2.05, 4.69) is 15.8 Å².